The maximum absolute atomic E-state index is 12.9. The van der Waals surface area contributed by atoms with Crippen molar-refractivity contribution in [3.05, 3.63) is 35.9 Å². The molecule has 1 unspecified atom stereocenters. The standard InChI is InChI=1S/C17H22N6OS/c1-21-17(18-19-20-21)25-12-16(24)23-10-9-22(14-7-8-14)11-15(23)13-5-3-2-4-6-13/h2-6,14-15H,7-12H2,1H3. The lowest BCUT2D eigenvalue weighted by atomic mass is 10.0. The van der Waals surface area contributed by atoms with Crippen molar-refractivity contribution in [3.8, 4) is 0 Å². The van der Waals surface area contributed by atoms with E-state index in [1.54, 1.807) is 11.7 Å². The number of amides is 1. The summed E-state index contributed by atoms with van der Waals surface area (Å²) in [5, 5.41) is 12.0. The molecule has 1 aromatic carbocycles. The first-order valence-corrected chi connectivity index (χ1v) is 9.64. The molecule has 25 heavy (non-hydrogen) atoms. The fourth-order valence-corrected chi connectivity index (χ4v) is 4.12. The molecule has 1 atom stereocenters. The number of nitrogens with zero attached hydrogens (tertiary/aromatic N) is 6. The number of thioether (sulfide) groups is 1. The summed E-state index contributed by atoms with van der Waals surface area (Å²) in [7, 11) is 1.79. The summed E-state index contributed by atoms with van der Waals surface area (Å²) < 4.78 is 1.59. The average Bonchev–Trinajstić information content (AvgIpc) is 3.42. The lowest BCUT2D eigenvalue weighted by Crippen LogP contribution is -2.51. The van der Waals surface area contributed by atoms with Gasteiger partial charge in [-0.05, 0) is 28.8 Å². The molecule has 2 fully saturated rings. The molecule has 1 aromatic heterocycles. The van der Waals surface area contributed by atoms with E-state index in [2.05, 4.69) is 32.6 Å². The Morgan fingerprint density at radius 1 is 1.24 bits per heavy atom. The zero-order chi connectivity index (χ0) is 17.2. The maximum atomic E-state index is 12.9. The fourth-order valence-electron chi connectivity index (χ4n) is 3.39. The first-order chi connectivity index (χ1) is 12.2. The highest BCUT2D eigenvalue weighted by Gasteiger charge is 2.37. The van der Waals surface area contributed by atoms with Crippen molar-refractivity contribution >= 4 is 17.7 Å². The van der Waals surface area contributed by atoms with Crippen LogP contribution in [0, 0.1) is 0 Å². The van der Waals surface area contributed by atoms with E-state index >= 15 is 0 Å². The summed E-state index contributed by atoms with van der Waals surface area (Å²) in [6.45, 7) is 2.68. The number of hydrogen-bond donors (Lipinski definition) is 0. The second-order valence-electron chi connectivity index (χ2n) is 6.61. The van der Waals surface area contributed by atoms with E-state index in [4.69, 9.17) is 0 Å². The minimum Gasteiger partial charge on any atom is -0.332 e. The molecule has 0 spiro atoms. The molecule has 7 nitrogen and oxygen atoms in total. The van der Waals surface area contributed by atoms with Crippen LogP contribution in [0.15, 0.2) is 35.5 Å². The molecule has 2 aliphatic rings. The molecule has 2 heterocycles. The molecule has 4 rings (SSSR count). The Kier molecular flexibility index (Phi) is 4.72. The highest BCUT2D eigenvalue weighted by Crippen LogP contribution is 2.33. The van der Waals surface area contributed by atoms with Gasteiger partial charge in [-0.2, -0.15) is 0 Å². The van der Waals surface area contributed by atoms with Crippen LogP contribution in [0.4, 0.5) is 0 Å². The van der Waals surface area contributed by atoms with Crippen molar-refractivity contribution in [2.24, 2.45) is 7.05 Å². The van der Waals surface area contributed by atoms with Crippen LogP contribution in [0.3, 0.4) is 0 Å². The van der Waals surface area contributed by atoms with Crippen LogP contribution in [-0.4, -0.2) is 67.3 Å². The van der Waals surface area contributed by atoms with E-state index < -0.39 is 0 Å². The summed E-state index contributed by atoms with van der Waals surface area (Å²) >= 11 is 1.39. The minimum atomic E-state index is 0.126. The van der Waals surface area contributed by atoms with Gasteiger partial charge in [0.15, 0.2) is 0 Å². The second-order valence-corrected chi connectivity index (χ2v) is 7.56. The monoisotopic (exact) mass is 358 g/mol. The Hall–Kier alpha value is -1.93. The van der Waals surface area contributed by atoms with Gasteiger partial charge in [-0.15, -0.1) is 5.10 Å². The Balaban J connectivity index is 1.47. The van der Waals surface area contributed by atoms with Gasteiger partial charge in [0.1, 0.15) is 0 Å². The first kappa shape index (κ1) is 16.5. The molecule has 1 saturated heterocycles. The molecule has 132 valence electrons. The Bertz CT molecular complexity index is 732. The van der Waals surface area contributed by atoms with Crippen LogP contribution in [0.2, 0.25) is 0 Å². The molecule has 8 heteroatoms. The summed E-state index contributed by atoms with van der Waals surface area (Å²) in [6, 6.07) is 11.2. The predicted octanol–water partition coefficient (Wildman–Crippen LogP) is 1.35. The number of rotatable bonds is 5. The van der Waals surface area contributed by atoms with Gasteiger partial charge in [-0.25, -0.2) is 4.68 Å². The second kappa shape index (κ2) is 7.13. The highest BCUT2D eigenvalue weighted by molar-refractivity contribution is 7.99. The van der Waals surface area contributed by atoms with E-state index in [1.165, 1.54) is 30.2 Å². The first-order valence-electron chi connectivity index (χ1n) is 8.66. The quantitative estimate of drug-likeness (QED) is 0.752. The van der Waals surface area contributed by atoms with Gasteiger partial charge in [0.25, 0.3) is 0 Å². The van der Waals surface area contributed by atoms with Gasteiger partial charge in [0.05, 0.1) is 11.8 Å². The van der Waals surface area contributed by atoms with Gasteiger partial charge in [0.2, 0.25) is 11.1 Å². The van der Waals surface area contributed by atoms with Gasteiger partial charge in [-0.1, -0.05) is 42.1 Å². The van der Waals surface area contributed by atoms with Crippen molar-refractivity contribution < 1.29 is 4.79 Å². The van der Waals surface area contributed by atoms with Gasteiger partial charge < -0.3 is 4.90 Å². The smallest absolute Gasteiger partial charge is 0.233 e. The minimum absolute atomic E-state index is 0.126. The Morgan fingerprint density at radius 2 is 2.04 bits per heavy atom. The largest absolute Gasteiger partial charge is 0.332 e. The molecular formula is C17H22N6OS. The topological polar surface area (TPSA) is 67.2 Å². The van der Waals surface area contributed by atoms with Crippen molar-refractivity contribution in [1.29, 1.82) is 0 Å². The molecule has 0 N–H and O–H groups in total. The Morgan fingerprint density at radius 3 is 2.72 bits per heavy atom. The van der Waals surface area contributed by atoms with Crippen LogP contribution < -0.4 is 0 Å². The van der Waals surface area contributed by atoms with Crippen LogP contribution in [0.25, 0.3) is 0 Å². The Labute approximate surface area is 151 Å². The molecule has 1 aliphatic heterocycles. The van der Waals surface area contributed by atoms with E-state index in [9.17, 15) is 4.79 Å². The molecule has 1 aliphatic carbocycles. The van der Waals surface area contributed by atoms with Crippen molar-refractivity contribution in [2.75, 3.05) is 25.4 Å². The zero-order valence-corrected chi connectivity index (χ0v) is 15.1. The molecular weight excluding hydrogens is 336 g/mol. The van der Waals surface area contributed by atoms with Crippen molar-refractivity contribution in [3.63, 3.8) is 0 Å². The van der Waals surface area contributed by atoms with Gasteiger partial charge >= 0.3 is 0 Å². The third kappa shape index (κ3) is 3.69. The number of aryl methyl sites for hydroxylation is 1. The highest BCUT2D eigenvalue weighted by atomic mass is 32.2. The van der Waals surface area contributed by atoms with Gasteiger partial charge in [-0.3, -0.25) is 9.69 Å². The summed E-state index contributed by atoms with van der Waals surface area (Å²) in [6.07, 6.45) is 2.59. The van der Waals surface area contributed by atoms with E-state index in [-0.39, 0.29) is 11.9 Å². The van der Waals surface area contributed by atoms with Crippen molar-refractivity contribution in [2.45, 2.75) is 30.1 Å². The molecule has 2 aromatic rings. The summed E-state index contributed by atoms with van der Waals surface area (Å²) in [5.41, 5.74) is 1.21. The van der Waals surface area contributed by atoms with E-state index in [0.717, 1.165) is 25.7 Å². The SMILES string of the molecule is Cn1nnnc1SCC(=O)N1CCN(C2CC2)CC1c1ccccc1. The fraction of sp³-hybridized carbons (Fsp3) is 0.529. The van der Waals surface area contributed by atoms with Crippen LogP contribution in [0.1, 0.15) is 24.4 Å². The van der Waals surface area contributed by atoms with Crippen molar-refractivity contribution in [1.82, 2.24) is 30.0 Å². The summed E-state index contributed by atoms with van der Waals surface area (Å²) in [5.74, 6) is 0.512. The number of tetrazole rings is 1. The third-order valence-corrected chi connectivity index (χ3v) is 5.88. The van der Waals surface area contributed by atoms with Crippen LogP contribution >= 0.6 is 11.8 Å². The predicted molar refractivity (Wildman–Crippen MR) is 95.0 cm³/mol. The number of carbonyl (C=O) groups is 1. The average molecular weight is 358 g/mol. The number of piperazine rings is 1. The molecule has 1 saturated carbocycles. The number of hydrogen-bond acceptors (Lipinski definition) is 6. The van der Waals surface area contributed by atoms with Crippen LogP contribution in [0.5, 0.6) is 0 Å². The normalized spacial score (nSPS) is 21.5. The number of benzene rings is 1. The number of aromatic nitrogens is 4. The van der Waals surface area contributed by atoms with Crippen LogP contribution in [-0.2, 0) is 11.8 Å². The lowest BCUT2D eigenvalue weighted by molar-refractivity contribution is -0.133. The zero-order valence-electron chi connectivity index (χ0n) is 14.3. The van der Waals surface area contributed by atoms with Gasteiger partial charge in [0, 0.05) is 32.7 Å². The molecule has 0 radical (unpaired) electrons. The molecule has 1 amide bonds. The number of carbonyl (C=O) groups excluding carboxylic acids is 1. The maximum Gasteiger partial charge on any atom is 0.233 e. The summed E-state index contributed by atoms with van der Waals surface area (Å²) in [4.78, 5) is 17.5. The van der Waals surface area contributed by atoms with E-state index in [0.29, 0.717) is 10.9 Å². The third-order valence-electron chi connectivity index (χ3n) is 4.89. The van der Waals surface area contributed by atoms with E-state index in [1.807, 2.05) is 23.1 Å². The molecule has 0 bridgehead atoms. The lowest BCUT2D eigenvalue weighted by Gasteiger charge is -2.42.